The number of likely N-dealkylation sites (tertiary alicyclic amines) is 1. The molecule has 3 heterocycles. The van der Waals surface area contributed by atoms with Crippen LogP contribution in [0, 0.1) is 5.82 Å². The maximum atomic E-state index is 14.9. The van der Waals surface area contributed by atoms with Crippen LogP contribution in [0.3, 0.4) is 0 Å². The number of fused-ring (bicyclic) bond motifs is 1. The molecule has 41 heavy (non-hydrogen) atoms. The Hall–Kier alpha value is -4.09. The largest absolute Gasteiger partial charge is 0.426 e. The Kier molecular flexibility index (Phi) is 7.34. The first-order chi connectivity index (χ1) is 18.9. The summed E-state index contributed by atoms with van der Waals surface area (Å²) in [6.07, 6.45) is -11.7. The zero-order valence-corrected chi connectivity index (χ0v) is 20.6. The maximum Gasteiger partial charge on any atom is 0.426 e. The highest BCUT2D eigenvalue weighted by Gasteiger charge is 2.58. The lowest BCUT2D eigenvalue weighted by molar-refractivity contribution is -0.249. The summed E-state index contributed by atoms with van der Waals surface area (Å²) in [6.45, 7) is -3.18. The Bertz CT molecular complexity index is 1520. The number of hydrogen-bond donors (Lipinski definition) is 3. The third-order valence-corrected chi connectivity index (χ3v) is 6.58. The molecule has 0 radical (unpaired) electrons. The van der Waals surface area contributed by atoms with E-state index in [1.54, 1.807) is 0 Å². The van der Waals surface area contributed by atoms with E-state index in [9.17, 15) is 54.2 Å². The highest BCUT2D eigenvalue weighted by molar-refractivity contribution is 5.97. The van der Waals surface area contributed by atoms with Gasteiger partial charge in [0.15, 0.2) is 5.82 Å². The molecule has 0 unspecified atom stereocenters. The van der Waals surface area contributed by atoms with Crippen molar-refractivity contribution in [3.8, 4) is 11.3 Å². The fraction of sp³-hybridized carbons (Fsp3) is 0.391. The fourth-order valence-electron chi connectivity index (χ4n) is 4.35. The van der Waals surface area contributed by atoms with Gasteiger partial charge >= 0.3 is 12.4 Å². The number of nitrogen functional groups attached to an aromatic ring is 1. The molecule has 3 aromatic rings. The molecule has 18 heteroatoms. The molecular weight excluding hydrogens is 579 g/mol. The highest BCUT2D eigenvalue weighted by Crippen LogP contribution is 2.39. The van der Waals surface area contributed by atoms with Crippen LogP contribution in [0.4, 0.5) is 45.3 Å². The summed E-state index contributed by atoms with van der Waals surface area (Å²) in [5.74, 6) is -5.16. The smallest absolute Gasteiger partial charge is 0.382 e. The summed E-state index contributed by atoms with van der Waals surface area (Å²) in [6, 6.07) is 0.344. The molecular formula is C23H19F9N6O3. The van der Waals surface area contributed by atoms with Crippen molar-refractivity contribution in [3.63, 3.8) is 0 Å². The summed E-state index contributed by atoms with van der Waals surface area (Å²) in [7, 11) is 0. The van der Waals surface area contributed by atoms with Gasteiger partial charge in [-0.15, -0.1) is 0 Å². The number of amides is 2. The van der Waals surface area contributed by atoms with Crippen LogP contribution in [0.15, 0.2) is 24.5 Å². The number of carbonyl (C=O) groups is 2. The third-order valence-electron chi connectivity index (χ3n) is 6.58. The van der Waals surface area contributed by atoms with Crippen molar-refractivity contribution in [3.05, 3.63) is 47.0 Å². The van der Waals surface area contributed by atoms with E-state index in [4.69, 9.17) is 5.73 Å². The lowest BCUT2D eigenvalue weighted by Gasteiger charge is -2.29. The quantitative estimate of drug-likeness (QED) is 0.388. The van der Waals surface area contributed by atoms with Gasteiger partial charge in [-0.2, -0.15) is 31.4 Å². The van der Waals surface area contributed by atoms with Gasteiger partial charge in [-0.1, -0.05) is 0 Å². The van der Waals surface area contributed by atoms with Crippen LogP contribution in [0.5, 0.6) is 0 Å². The summed E-state index contributed by atoms with van der Waals surface area (Å²) in [4.78, 5) is 29.0. The van der Waals surface area contributed by atoms with Crippen LogP contribution in [-0.2, 0) is 17.6 Å². The summed E-state index contributed by atoms with van der Waals surface area (Å²) in [5.41, 5.74) is -2.68. The van der Waals surface area contributed by atoms with E-state index >= 15 is 0 Å². The standard InChI is InChI=1S/C23H19F9N6O3/c1-21(41,23(30,31)32)20(40)37-6-14(26)15(7-37)36-19(39)10-2-9(3-13(25)11(10)5-24)16-4-12(22(27,28)29)17-18(33)34-8-35-38(16)17/h2-4,8,14-15,41H,5-7H2,1H3,(H,36,39)(H2,33,34,35)/t14-,15+,21+/m0/s1. The first-order valence-electron chi connectivity index (χ1n) is 11.5. The maximum absolute atomic E-state index is 14.9. The lowest BCUT2D eigenvalue weighted by atomic mass is 10.0. The number of alkyl halides is 8. The Morgan fingerprint density at radius 1 is 1.15 bits per heavy atom. The normalized spacial score (nSPS) is 19.4. The Labute approximate surface area is 223 Å². The molecule has 2 amide bonds. The van der Waals surface area contributed by atoms with Crippen molar-refractivity contribution >= 4 is 23.1 Å². The number of halogens is 9. The molecule has 1 saturated heterocycles. The summed E-state index contributed by atoms with van der Waals surface area (Å²) >= 11 is 0. The van der Waals surface area contributed by atoms with Crippen molar-refractivity contribution < 1.29 is 54.2 Å². The molecule has 0 saturated carbocycles. The number of aromatic nitrogens is 3. The number of nitrogens with one attached hydrogen (secondary N) is 1. The second kappa shape index (κ2) is 10.1. The number of carbonyl (C=O) groups excluding carboxylic acids is 2. The summed E-state index contributed by atoms with van der Waals surface area (Å²) in [5, 5.41) is 15.3. The van der Waals surface area contributed by atoms with Crippen LogP contribution < -0.4 is 11.1 Å². The minimum Gasteiger partial charge on any atom is -0.382 e. The molecule has 4 N–H and O–H groups in total. The zero-order chi connectivity index (χ0) is 30.7. The first-order valence-corrected chi connectivity index (χ1v) is 11.5. The third kappa shape index (κ3) is 5.22. The van der Waals surface area contributed by atoms with Gasteiger partial charge in [0.25, 0.3) is 11.8 Å². The van der Waals surface area contributed by atoms with E-state index in [0.29, 0.717) is 21.5 Å². The fourth-order valence-corrected chi connectivity index (χ4v) is 4.35. The van der Waals surface area contributed by atoms with Gasteiger partial charge in [-0.25, -0.2) is 22.7 Å². The van der Waals surface area contributed by atoms with E-state index in [1.807, 2.05) is 5.32 Å². The molecule has 1 aromatic carbocycles. The van der Waals surface area contributed by atoms with Crippen LogP contribution in [0.1, 0.15) is 28.4 Å². The van der Waals surface area contributed by atoms with Gasteiger partial charge < -0.3 is 21.1 Å². The van der Waals surface area contributed by atoms with Gasteiger partial charge in [0.05, 0.1) is 23.8 Å². The topological polar surface area (TPSA) is 126 Å². The number of rotatable bonds is 5. The molecule has 222 valence electrons. The first kappa shape index (κ1) is 29.9. The lowest BCUT2D eigenvalue weighted by Crippen LogP contribution is -2.56. The minimum atomic E-state index is -5.39. The predicted octanol–water partition coefficient (Wildman–Crippen LogP) is 3.20. The molecule has 1 fully saturated rings. The van der Waals surface area contributed by atoms with Crippen molar-refractivity contribution in [2.75, 3.05) is 18.8 Å². The molecule has 1 aliphatic heterocycles. The van der Waals surface area contributed by atoms with Gasteiger partial charge in [0, 0.05) is 23.2 Å². The SMILES string of the molecule is C[C@@](O)(C(=O)N1C[C@H](F)[C@H](NC(=O)c2cc(-c3cc(C(F)(F)F)c4c(N)ncnn34)cc(F)c2CF)C1)C(F)(F)F. The highest BCUT2D eigenvalue weighted by atomic mass is 19.4. The molecule has 9 nitrogen and oxygen atoms in total. The molecule has 3 atom stereocenters. The van der Waals surface area contributed by atoms with Gasteiger partial charge in [0.2, 0.25) is 5.60 Å². The molecule has 2 aromatic heterocycles. The van der Waals surface area contributed by atoms with Crippen molar-refractivity contribution in [2.24, 2.45) is 0 Å². The molecule has 0 aliphatic carbocycles. The van der Waals surface area contributed by atoms with E-state index in [0.717, 1.165) is 12.4 Å². The monoisotopic (exact) mass is 598 g/mol. The summed E-state index contributed by atoms with van der Waals surface area (Å²) < 4.78 is 124. The number of aliphatic hydroxyl groups is 1. The van der Waals surface area contributed by atoms with E-state index in [2.05, 4.69) is 10.1 Å². The second-order valence-electron chi connectivity index (χ2n) is 9.34. The Morgan fingerprint density at radius 2 is 1.80 bits per heavy atom. The number of anilines is 1. The second-order valence-corrected chi connectivity index (χ2v) is 9.34. The van der Waals surface area contributed by atoms with E-state index < -0.39 is 107 Å². The Balaban J connectivity index is 1.69. The van der Waals surface area contributed by atoms with Gasteiger partial charge in [0.1, 0.15) is 30.5 Å². The van der Waals surface area contributed by atoms with Crippen molar-refractivity contribution in [2.45, 2.75) is 43.8 Å². The van der Waals surface area contributed by atoms with Crippen LogP contribution >= 0.6 is 0 Å². The minimum absolute atomic E-state index is 0.171. The molecule has 0 spiro atoms. The number of nitrogens with zero attached hydrogens (tertiary/aromatic N) is 4. The average molecular weight is 598 g/mol. The van der Waals surface area contributed by atoms with Crippen molar-refractivity contribution in [1.82, 2.24) is 24.8 Å². The predicted molar refractivity (Wildman–Crippen MR) is 122 cm³/mol. The molecule has 4 rings (SSSR count). The number of hydrogen-bond acceptors (Lipinski definition) is 6. The zero-order valence-electron chi connectivity index (χ0n) is 20.6. The van der Waals surface area contributed by atoms with Crippen LogP contribution in [0.25, 0.3) is 16.8 Å². The van der Waals surface area contributed by atoms with Crippen LogP contribution in [-0.4, -0.2) is 73.5 Å². The van der Waals surface area contributed by atoms with E-state index in [1.165, 1.54) is 0 Å². The molecule has 0 bridgehead atoms. The number of benzene rings is 1. The van der Waals surface area contributed by atoms with Crippen molar-refractivity contribution in [1.29, 1.82) is 0 Å². The Morgan fingerprint density at radius 3 is 2.39 bits per heavy atom. The van der Waals surface area contributed by atoms with Gasteiger partial charge in [-0.3, -0.25) is 9.59 Å². The van der Waals surface area contributed by atoms with Gasteiger partial charge in [-0.05, 0) is 25.1 Å². The molecule has 1 aliphatic rings. The number of nitrogens with two attached hydrogens (primary N) is 1. The van der Waals surface area contributed by atoms with E-state index in [-0.39, 0.29) is 6.92 Å². The average Bonchev–Trinajstić information content (AvgIpc) is 3.44. The van der Waals surface area contributed by atoms with Crippen LogP contribution in [0.2, 0.25) is 0 Å².